The summed E-state index contributed by atoms with van der Waals surface area (Å²) < 4.78 is 27.4. The quantitative estimate of drug-likeness (QED) is 0.749. The van der Waals surface area contributed by atoms with Crippen molar-refractivity contribution in [3.63, 3.8) is 0 Å². The van der Waals surface area contributed by atoms with Gasteiger partial charge in [-0.25, -0.2) is 13.5 Å². The van der Waals surface area contributed by atoms with Crippen molar-refractivity contribution in [1.82, 2.24) is 14.8 Å². The molecule has 2 aromatic heterocycles. The van der Waals surface area contributed by atoms with Gasteiger partial charge in [0.2, 0.25) is 11.8 Å². The lowest BCUT2D eigenvalue weighted by molar-refractivity contribution is -0.120. The molecule has 0 radical (unpaired) electrons. The van der Waals surface area contributed by atoms with Crippen LogP contribution >= 0.6 is 11.6 Å². The predicted octanol–water partition coefficient (Wildman–Crippen LogP) is 3.32. The third-order valence-corrected chi connectivity index (χ3v) is 3.45. The van der Waals surface area contributed by atoms with E-state index in [2.05, 4.69) is 16.0 Å². The van der Waals surface area contributed by atoms with Crippen molar-refractivity contribution >= 4 is 23.2 Å². The highest BCUT2D eigenvalue weighted by Crippen LogP contribution is 2.27. The van der Waals surface area contributed by atoms with Crippen molar-refractivity contribution in [2.24, 2.45) is 0 Å². The maximum Gasteiger partial charge on any atom is 0.245 e. The van der Waals surface area contributed by atoms with Gasteiger partial charge in [-0.2, -0.15) is 5.10 Å². The van der Waals surface area contributed by atoms with E-state index in [1.165, 1.54) is 15.8 Å². The first-order chi connectivity index (χ1) is 11.3. The number of aromatic nitrogens is 3. The summed E-state index contributed by atoms with van der Waals surface area (Å²) in [4.78, 5) is 17.4. The van der Waals surface area contributed by atoms with Gasteiger partial charge in [0, 0.05) is 19.0 Å². The van der Waals surface area contributed by atoms with Crippen LogP contribution in [0.1, 0.15) is 19.8 Å². The predicted molar refractivity (Wildman–Crippen MR) is 87.4 cm³/mol. The number of carbonyl (C=O) groups excluding carboxylic acids is 1. The molecule has 0 aliphatic heterocycles. The number of alkyl halides is 2. The van der Waals surface area contributed by atoms with Gasteiger partial charge < -0.3 is 0 Å². The van der Waals surface area contributed by atoms with Gasteiger partial charge in [-0.05, 0) is 19.1 Å². The van der Waals surface area contributed by atoms with Crippen LogP contribution in [0.15, 0.2) is 30.7 Å². The molecule has 24 heavy (non-hydrogen) atoms. The van der Waals surface area contributed by atoms with E-state index in [-0.39, 0.29) is 23.8 Å². The Morgan fingerprint density at radius 3 is 2.88 bits per heavy atom. The molecule has 0 unspecified atom stereocenters. The largest absolute Gasteiger partial charge is 0.296 e. The smallest absolute Gasteiger partial charge is 0.245 e. The molecular formula is C16H15ClF2N4O. The van der Waals surface area contributed by atoms with Crippen LogP contribution in [0.3, 0.4) is 0 Å². The third kappa shape index (κ3) is 4.52. The van der Waals surface area contributed by atoms with Crippen molar-refractivity contribution < 1.29 is 13.6 Å². The summed E-state index contributed by atoms with van der Waals surface area (Å²) in [6.07, 6.45) is 9.05. The van der Waals surface area contributed by atoms with E-state index in [1.54, 1.807) is 24.5 Å². The van der Waals surface area contributed by atoms with Crippen LogP contribution in [-0.2, 0) is 4.79 Å². The van der Waals surface area contributed by atoms with E-state index in [0.29, 0.717) is 5.69 Å². The zero-order valence-electron chi connectivity index (χ0n) is 12.9. The highest BCUT2D eigenvalue weighted by molar-refractivity contribution is 6.32. The Bertz CT molecular complexity index is 750. The van der Waals surface area contributed by atoms with Gasteiger partial charge in [-0.15, -0.1) is 6.42 Å². The van der Waals surface area contributed by atoms with E-state index in [0.717, 1.165) is 6.92 Å². The molecule has 0 atom stereocenters. The minimum absolute atomic E-state index is 0.0470. The van der Waals surface area contributed by atoms with Gasteiger partial charge in [0.1, 0.15) is 5.69 Å². The Balaban J connectivity index is 2.27. The number of terminal acetylenes is 1. The lowest BCUT2D eigenvalue weighted by Crippen LogP contribution is -2.32. The maximum atomic E-state index is 13.0. The second-order valence-electron chi connectivity index (χ2n) is 5.22. The van der Waals surface area contributed by atoms with Crippen molar-refractivity contribution in [3.8, 4) is 18.0 Å². The van der Waals surface area contributed by atoms with Crippen LogP contribution < -0.4 is 4.90 Å². The number of hydrogen-bond acceptors (Lipinski definition) is 3. The summed E-state index contributed by atoms with van der Waals surface area (Å²) >= 11 is 6.10. The van der Waals surface area contributed by atoms with E-state index < -0.39 is 18.3 Å². The van der Waals surface area contributed by atoms with Gasteiger partial charge in [0.15, 0.2) is 5.15 Å². The Morgan fingerprint density at radius 2 is 2.29 bits per heavy atom. The second-order valence-corrected chi connectivity index (χ2v) is 5.57. The summed E-state index contributed by atoms with van der Waals surface area (Å²) in [5, 5.41) is 4.15. The zero-order valence-corrected chi connectivity index (χ0v) is 13.7. The molecule has 2 aromatic rings. The zero-order chi connectivity index (χ0) is 17.7. The first-order valence-corrected chi connectivity index (χ1v) is 7.47. The Morgan fingerprint density at radius 1 is 1.54 bits per heavy atom. The van der Waals surface area contributed by atoms with Crippen LogP contribution in [-0.4, -0.2) is 33.1 Å². The lowest BCUT2D eigenvalue weighted by atomic mass is 10.2. The topological polar surface area (TPSA) is 51.0 Å². The van der Waals surface area contributed by atoms with Crippen LogP contribution in [0.2, 0.25) is 5.15 Å². The fraction of sp³-hybridized carbons (Fsp3) is 0.312. The highest BCUT2D eigenvalue weighted by Gasteiger charge is 2.26. The van der Waals surface area contributed by atoms with Crippen molar-refractivity contribution in [1.29, 1.82) is 0 Å². The summed E-state index contributed by atoms with van der Waals surface area (Å²) in [7, 11) is 0. The molecule has 8 heteroatoms. The molecule has 2 heterocycles. The normalized spacial score (nSPS) is 11.1. The molecule has 0 fully saturated rings. The number of carbonyl (C=O) groups is 1. The third-order valence-electron chi connectivity index (χ3n) is 3.18. The molecular weight excluding hydrogens is 338 g/mol. The Kier molecular flexibility index (Phi) is 5.52. The van der Waals surface area contributed by atoms with E-state index >= 15 is 0 Å². The van der Waals surface area contributed by atoms with Gasteiger partial charge in [0.25, 0.3) is 0 Å². The molecule has 5 nitrogen and oxygen atoms in total. The molecule has 0 aromatic carbocycles. The number of amides is 1. The molecule has 2 rings (SSSR count). The fourth-order valence-electron chi connectivity index (χ4n) is 2.01. The second kappa shape index (κ2) is 7.41. The number of halogens is 3. The number of hydrogen-bond donors (Lipinski definition) is 0. The molecule has 0 saturated heterocycles. The summed E-state index contributed by atoms with van der Waals surface area (Å²) in [6.45, 7) is 0.672. The SMILES string of the molecule is C#CCN(C(=O)CCC(C)(F)F)c1cn(-c2cccnc2)nc1Cl. The molecule has 0 N–H and O–H groups in total. The summed E-state index contributed by atoms with van der Waals surface area (Å²) in [5.41, 5.74) is 0.904. The van der Waals surface area contributed by atoms with Crippen LogP contribution in [0.25, 0.3) is 5.69 Å². The number of nitrogens with zero attached hydrogens (tertiary/aromatic N) is 4. The van der Waals surface area contributed by atoms with Gasteiger partial charge in [0.05, 0.1) is 24.6 Å². The number of rotatable bonds is 6. The van der Waals surface area contributed by atoms with Gasteiger partial charge in [-0.1, -0.05) is 17.5 Å². The molecule has 0 aliphatic rings. The van der Waals surface area contributed by atoms with E-state index in [9.17, 15) is 13.6 Å². The first-order valence-electron chi connectivity index (χ1n) is 7.09. The van der Waals surface area contributed by atoms with Crippen LogP contribution in [0, 0.1) is 12.3 Å². The first kappa shape index (κ1) is 17.9. The average Bonchev–Trinajstić information content (AvgIpc) is 2.92. The van der Waals surface area contributed by atoms with E-state index in [1.807, 2.05) is 0 Å². The van der Waals surface area contributed by atoms with Gasteiger partial charge >= 0.3 is 0 Å². The maximum absolute atomic E-state index is 13.0. The van der Waals surface area contributed by atoms with Gasteiger partial charge in [-0.3, -0.25) is 14.7 Å². The Labute approximate surface area is 143 Å². The van der Waals surface area contributed by atoms with Crippen LogP contribution in [0.4, 0.5) is 14.5 Å². The van der Waals surface area contributed by atoms with E-state index in [4.69, 9.17) is 18.0 Å². The molecule has 126 valence electrons. The van der Waals surface area contributed by atoms with Crippen molar-refractivity contribution in [3.05, 3.63) is 35.9 Å². The summed E-state index contributed by atoms with van der Waals surface area (Å²) in [6, 6.07) is 3.48. The van der Waals surface area contributed by atoms with Crippen molar-refractivity contribution in [2.45, 2.75) is 25.7 Å². The monoisotopic (exact) mass is 352 g/mol. The molecule has 0 bridgehead atoms. The molecule has 1 amide bonds. The number of anilines is 1. The van der Waals surface area contributed by atoms with Crippen LogP contribution in [0.5, 0.6) is 0 Å². The average molecular weight is 353 g/mol. The highest BCUT2D eigenvalue weighted by atomic mass is 35.5. The minimum atomic E-state index is -2.93. The molecule has 0 saturated carbocycles. The lowest BCUT2D eigenvalue weighted by Gasteiger charge is -2.20. The molecule has 0 spiro atoms. The Hall–Kier alpha value is -2.46. The summed E-state index contributed by atoms with van der Waals surface area (Å²) in [5.74, 6) is -1.14. The molecule has 0 aliphatic carbocycles. The van der Waals surface area contributed by atoms with Crippen molar-refractivity contribution in [2.75, 3.05) is 11.4 Å². The minimum Gasteiger partial charge on any atom is -0.296 e. The number of pyridine rings is 1. The fourth-order valence-corrected chi connectivity index (χ4v) is 2.24. The standard InChI is InChI=1S/C16H15ClF2N4O/c1-3-9-22(14(24)6-7-16(2,18)19)13-11-23(21-15(13)17)12-5-4-8-20-10-12/h1,4-5,8,10-11H,6-7,9H2,2H3.